The summed E-state index contributed by atoms with van der Waals surface area (Å²) in [5.41, 5.74) is -0.363. The smallest absolute Gasteiger partial charge is 0.262 e. The summed E-state index contributed by atoms with van der Waals surface area (Å²) in [7, 11) is 0. The number of hydrogen-bond donors (Lipinski definition) is 1. The number of rotatable bonds is 4. The Hall–Kier alpha value is -2.42. The first-order valence-corrected chi connectivity index (χ1v) is 7.91. The molecule has 7 heteroatoms. The quantitative estimate of drug-likeness (QED) is 0.458. The van der Waals surface area contributed by atoms with Gasteiger partial charge in [0.25, 0.3) is 5.91 Å². The summed E-state index contributed by atoms with van der Waals surface area (Å²) in [6.07, 6.45) is 0.825. The van der Waals surface area contributed by atoms with Crippen LogP contribution in [-0.2, 0) is 4.79 Å². The van der Waals surface area contributed by atoms with Gasteiger partial charge >= 0.3 is 0 Å². The Kier molecular flexibility index (Phi) is 6.13. The molecule has 2 aromatic rings. The lowest BCUT2D eigenvalue weighted by molar-refractivity contribution is -0.117. The predicted octanol–water partition coefficient (Wildman–Crippen LogP) is 5.06. The molecule has 0 spiro atoms. The summed E-state index contributed by atoms with van der Waals surface area (Å²) in [5.74, 6) is -2.75. The summed E-state index contributed by atoms with van der Waals surface area (Å²) in [6.45, 7) is 1.68. The van der Waals surface area contributed by atoms with Crippen LogP contribution in [-0.4, -0.2) is 5.91 Å². The molecule has 25 heavy (non-hydrogen) atoms. The summed E-state index contributed by atoms with van der Waals surface area (Å²) < 4.78 is 27.7. The van der Waals surface area contributed by atoms with E-state index >= 15 is 0 Å². The third kappa shape index (κ3) is 4.36. The molecule has 1 N–H and O–H groups in total. The molecule has 0 heterocycles. The van der Waals surface area contributed by atoms with Crippen molar-refractivity contribution in [3.8, 4) is 6.07 Å². The van der Waals surface area contributed by atoms with E-state index in [1.807, 2.05) is 0 Å². The molecule has 0 radical (unpaired) electrons. The molecule has 0 bridgehead atoms. The highest BCUT2D eigenvalue weighted by Crippen LogP contribution is 2.25. The molecule has 0 saturated heterocycles. The molecule has 2 aromatic carbocycles. The monoisotopic (exact) mass is 380 g/mol. The molecule has 0 saturated carbocycles. The highest BCUT2D eigenvalue weighted by molar-refractivity contribution is 6.31. The van der Waals surface area contributed by atoms with Crippen LogP contribution in [0, 0.1) is 23.0 Å². The van der Waals surface area contributed by atoms with Crippen molar-refractivity contribution in [2.24, 2.45) is 0 Å². The second-order valence-electron chi connectivity index (χ2n) is 5.14. The predicted molar refractivity (Wildman–Crippen MR) is 93.0 cm³/mol. The summed E-state index contributed by atoms with van der Waals surface area (Å²) >= 11 is 11.7. The van der Waals surface area contributed by atoms with E-state index in [1.165, 1.54) is 0 Å². The number of carbonyl (C=O) groups is 1. The molecule has 0 aliphatic heterocycles. The van der Waals surface area contributed by atoms with Crippen molar-refractivity contribution in [3.05, 3.63) is 74.8 Å². The van der Waals surface area contributed by atoms with E-state index in [1.54, 1.807) is 37.3 Å². The van der Waals surface area contributed by atoms with Gasteiger partial charge in [0.15, 0.2) is 5.82 Å². The molecule has 0 unspecified atom stereocenters. The number of nitrogens with zero attached hydrogens (tertiary/aromatic N) is 1. The SMILES string of the molecule is C[C@H](NC(=O)/C(C#N)=C/c1c(F)ccc(Cl)c1F)c1ccccc1Cl. The molecule has 3 nitrogen and oxygen atoms in total. The highest BCUT2D eigenvalue weighted by Gasteiger charge is 2.18. The van der Waals surface area contributed by atoms with Gasteiger partial charge in [-0.25, -0.2) is 8.78 Å². The van der Waals surface area contributed by atoms with Crippen LogP contribution in [0.3, 0.4) is 0 Å². The van der Waals surface area contributed by atoms with Crippen molar-refractivity contribution in [3.63, 3.8) is 0 Å². The van der Waals surface area contributed by atoms with Gasteiger partial charge in [-0.15, -0.1) is 0 Å². The molecule has 2 rings (SSSR count). The molecule has 0 aliphatic carbocycles. The van der Waals surface area contributed by atoms with Gasteiger partial charge in [0.05, 0.1) is 11.1 Å². The van der Waals surface area contributed by atoms with E-state index in [-0.39, 0.29) is 5.02 Å². The molecular formula is C18H12Cl2F2N2O. The van der Waals surface area contributed by atoms with Crippen LogP contribution >= 0.6 is 23.2 Å². The fourth-order valence-electron chi connectivity index (χ4n) is 2.15. The second kappa shape index (κ2) is 8.11. The Balaban J connectivity index is 2.30. The number of amides is 1. The summed E-state index contributed by atoms with van der Waals surface area (Å²) in [5, 5.41) is 11.9. The largest absolute Gasteiger partial charge is 0.345 e. The highest BCUT2D eigenvalue weighted by atomic mass is 35.5. The van der Waals surface area contributed by atoms with E-state index < -0.39 is 34.7 Å². The van der Waals surface area contributed by atoms with Crippen molar-refractivity contribution in [2.75, 3.05) is 0 Å². The lowest BCUT2D eigenvalue weighted by Crippen LogP contribution is -2.27. The zero-order valence-corrected chi connectivity index (χ0v) is 14.5. The van der Waals surface area contributed by atoms with Crippen molar-refractivity contribution < 1.29 is 13.6 Å². The van der Waals surface area contributed by atoms with E-state index in [4.69, 9.17) is 28.5 Å². The first-order chi connectivity index (χ1) is 11.8. The summed E-state index contributed by atoms with van der Waals surface area (Å²) in [4.78, 5) is 12.3. The van der Waals surface area contributed by atoms with E-state index in [2.05, 4.69) is 5.32 Å². The van der Waals surface area contributed by atoms with Gasteiger partial charge in [0, 0.05) is 10.6 Å². The average Bonchev–Trinajstić information content (AvgIpc) is 2.58. The van der Waals surface area contributed by atoms with Crippen molar-refractivity contribution in [2.45, 2.75) is 13.0 Å². The van der Waals surface area contributed by atoms with E-state index in [0.29, 0.717) is 10.6 Å². The Morgan fingerprint density at radius 2 is 1.88 bits per heavy atom. The maximum atomic E-state index is 13.9. The van der Waals surface area contributed by atoms with Crippen LogP contribution in [0.25, 0.3) is 6.08 Å². The van der Waals surface area contributed by atoms with Crippen LogP contribution in [0.15, 0.2) is 42.0 Å². The fraction of sp³-hybridized carbons (Fsp3) is 0.111. The molecule has 0 fully saturated rings. The molecule has 1 amide bonds. The van der Waals surface area contributed by atoms with Crippen LogP contribution in [0.5, 0.6) is 0 Å². The van der Waals surface area contributed by atoms with E-state index in [0.717, 1.165) is 18.2 Å². The van der Waals surface area contributed by atoms with Gasteiger partial charge in [-0.1, -0.05) is 41.4 Å². The Morgan fingerprint density at radius 3 is 2.52 bits per heavy atom. The van der Waals surface area contributed by atoms with Gasteiger partial charge in [0.1, 0.15) is 17.5 Å². The summed E-state index contributed by atoms with van der Waals surface area (Å²) in [6, 6.07) is 10.0. The van der Waals surface area contributed by atoms with Crippen molar-refractivity contribution in [1.29, 1.82) is 5.26 Å². The molecule has 1 atom stereocenters. The number of nitriles is 1. The first-order valence-electron chi connectivity index (χ1n) is 7.15. The molecule has 0 aromatic heterocycles. The van der Waals surface area contributed by atoms with E-state index in [9.17, 15) is 13.6 Å². The Bertz CT molecular complexity index is 891. The van der Waals surface area contributed by atoms with Gasteiger partial charge in [-0.05, 0) is 36.8 Å². The maximum absolute atomic E-state index is 13.9. The number of hydrogen-bond acceptors (Lipinski definition) is 2. The maximum Gasteiger partial charge on any atom is 0.262 e. The fourth-order valence-corrected chi connectivity index (χ4v) is 2.61. The topological polar surface area (TPSA) is 52.9 Å². The number of carbonyl (C=O) groups excluding carboxylic acids is 1. The Morgan fingerprint density at radius 1 is 1.20 bits per heavy atom. The number of benzene rings is 2. The standard InChI is InChI=1S/C18H12Cl2F2N2O/c1-10(12-4-2-3-5-14(12)19)24-18(25)11(9-23)8-13-16(21)7-6-15(20)17(13)22/h2-8,10H,1H3,(H,24,25)/b11-8+/t10-/m0/s1. The van der Waals surface area contributed by atoms with Crippen LogP contribution in [0.2, 0.25) is 10.0 Å². The third-order valence-corrected chi connectivity index (χ3v) is 4.09. The minimum absolute atomic E-state index is 0.310. The van der Waals surface area contributed by atoms with Crippen LogP contribution < -0.4 is 5.32 Å². The normalized spacial score (nSPS) is 12.4. The van der Waals surface area contributed by atoms with Crippen molar-refractivity contribution >= 4 is 35.2 Å². The zero-order valence-electron chi connectivity index (χ0n) is 13.0. The Labute approximate surface area is 153 Å². The second-order valence-corrected chi connectivity index (χ2v) is 5.96. The van der Waals surface area contributed by atoms with Gasteiger partial charge in [-0.2, -0.15) is 5.26 Å². The lowest BCUT2D eigenvalue weighted by Gasteiger charge is -2.15. The van der Waals surface area contributed by atoms with Crippen molar-refractivity contribution in [1.82, 2.24) is 5.32 Å². The third-order valence-electron chi connectivity index (χ3n) is 3.45. The van der Waals surface area contributed by atoms with Gasteiger partial charge in [-0.3, -0.25) is 4.79 Å². The first kappa shape index (κ1) is 18.9. The number of halogens is 4. The van der Waals surface area contributed by atoms with Gasteiger partial charge in [0.2, 0.25) is 0 Å². The lowest BCUT2D eigenvalue weighted by atomic mass is 10.1. The minimum Gasteiger partial charge on any atom is -0.345 e. The molecule has 0 aliphatic rings. The van der Waals surface area contributed by atoms with Gasteiger partial charge < -0.3 is 5.32 Å². The average molecular weight is 381 g/mol. The minimum atomic E-state index is -1.04. The zero-order chi connectivity index (χ0) is 18.6. The van der Waals surface area contributed by atoms with Crippen LogP contribution in [0.1, 0.15) is 24.1 Å². The molecular weight excluding hydrogens is 369 g/mol. The van der Waals surface area contributed by atoms with Crippen LogP contribution in [0.4, 0.5) is 8.78 Å². The number of nitrogens with one attached hydrogen (secondary N) is 1. The molecule has 128 valence electrons.